The zero-order valence-corrected chi connectivity index (χ0v) is 9.95. The molecule has 1 aliphatic rings. The molecular weight excluding hydrogens is 220 g/mol. The smallest absolute Gasteiger partial charge is 0.126 e. The van der Waals surface area contributed by atoms with Gasteiger partial charge in [0.2, 0.25) is 0 Å². The number of hydrogen-bond donors (Lipinski definition) is 0. The zero-order chi connectivity index (χ0) is 12.4. The number of hydrogen-bond acceptors (Lipinski definition) is 1. The Morgan fingerprint density at radius 1 is 1.12 bits per heavy atom. The van der Waals surface area contributed by atoms with Crippen molar-refractivity contribution in [1.29, 1.82) is 0 Å². The maximum Gasteiger partial charge on any atom is 0.126 e. The summed E-state index contributed by atoms with van der Waals surface area (Å²) in [6.07, 6.45) is 6.01. The first-order chi connectivity index (χ1) is 8.04. The van der Waals surface area contributed by atoms with Gasteiger partial charge in [0.15, 0.2) is 0 Å². The second-order valence-corrected chi connectivity index (χ2v) is 4.57. The van der Waals surface area contributed by atoms with Gasteiger partial charge in [0.05, 0.1) is 0 Å². The standard InChI is InChI=1S/C14H15F2N/c1-17(2)9-10-3-4-11(5-10)12-6-13(15)8-14(16)7-12/h3-8,11H,9H2,1-2H3. The number of rotatable bonds is 3. The summed E-state index contributed by atoms with van der Waals surface area (Å²) in [5.41, 5.74) is 1.83. The van der Waals surface area contributed by atoms with E-state index in [2.05, 4.69) is 4.90 Å². The Kier molecular flexibility index (Phi) is 3.38. The molecule has 0 heterocycles. The minimum Gasteiger partial charge on any atom is -0.305 e. The molecule has 1 aromatic rings. The molecule has 0 saturated carbocycles. The van der Waals surface area contributed by atoms with E-state index in [4.69, 9.17) is 0 Å². The van der Waals surface area contributed by atoms with Gasteiger partial charge in [-0.3, -0.25) is 0 Å². The summed E-state index contributed by atoms with van der Waals surface area (Å²) in [5, 5.41) is 0. The molecule has 1 atom stereocenters. The first-order valence-corrected chi connectivity index (χ1v) is 5.54. The molecule has 0 saturated heterocycles. The van der Waals surface area contributed by atoms with Gasteiger partial charge in [0.1, 0.15) is 11.6 Å². The third kappa shape index (κ3) is 3.01. The average Bonchev–Trinajstić information content (AvgIpc) is 2.63. The van der Waals surface area contributed by atoms with Gasteiger partial charge in [-0.1, -0.05) is 18.2 Å². The number of likely N-dealkylation sites (N-methyl/N-ethyl adjacent to an activating group) is 1. The van der Waals surface area contributed by atoms with Crippen molar-refractivity contribution in [3.8, 4) is 0 Å². The van der Waals surface area contributed by atoms with E-state index in [1.165, 1.54) is 17.7 Å². The second-order valence-electron chi connectivity index (χ2n) is 4.57. The van der Waals surface area contributed by atoms with Crippen molar-refractivity contribution in [1.82, 2.24) is 4.90 Å². The topological polar surface area (TPSA) is 3.24 Å². The molecule has 0 bridgehead atoms. The molecule has 0 spiro atoms. The lowest BCUT2D eigenvalue weighted by molar-refractivity contribution is 0.449. The number of halogens is 2. The van der Waals surface area contributed by atoms with Gasteiger partial charge in [-0.15, -0.1) is 0 Å². The molecule has 0 fully saturated rings. The van der Waals surface area contributed by atoms with Crippen molar-refractivity contribution in [3.05, 3.63) is 59.2 Å². The van der Waals surface area contributed by atoms with Gasteiger partial charge in [-0.2, -0.15) is 0 Å². The van der Waals surface area contributed by atoms with Crippen LogP contribution in [-0.2, 0) is 0 Å². The van der Waals surface area contributed by atoms with Gasteiger partial charge < -0.3 is 4.90 Å². The summed E-state index contributed by atoms with van der Waals surface area (Å²) in [6, 6.07) is 3.66. The third-order valence-corrected chi connectivity index (χ3v) is 2.68. The van der Waals surface area contributed by atoms with E-state index >= 15 is 0 Å². The molecule has 1 unspecified atom stereocenters. The molecule has 0 amide bonds. The van der Waals surface area contributed by atoms with Gasteiger partial charge in [0, 0.05) is 18.5 Å². The van der Waals surface area contributed by atoms with Crippen molar-refractivity contribution < 1.29 is 8.78 Å². The van der Waals surface area contributed by atoms with Crippen LogP contribution in [0.25, 0.3) is 0 Å². The minimum atomic E-state index is -0.525. The Hall–Kier alpha value is -1.48. The van der Waals surface area contributed by atoms with Gasteiger partial charge in [-0.05, 0) is 37.4 Å². The fourth-order valence-corrected chi connectivity index (χ4v) is 2.01. The SMILES string of the molecule is CN(C)CC1=CC(c2cc(F)cc(F)c2)C=C1. The summed E-state index contributed by atoms with van der Waals surface area (Å²) in [7, 11) is 3.98. The van der Waals surface area contributed by atoms with Crippen molar-refractivity contribution in [2.75, 3.05) is 20.6 Å². The Balaban J connectivity index is 2.20. The quantitative estimate of drug-likeness (QED) is 0.778. The van der Waals surface area contributed by atoms with Crippen LogP contribution >= 0.6 is 0 Å². The highest BCUT2D eigenvalue weighted by molar-refractivity contribution is 5.40. The van der Waals surface area contributed by atoms with E-state index in [1.807, 2.05) is 32.3 Å². The van der Waals surface area contributed by atoms with Gasteiger partial charge >= 0.3 is 0 Å². The van der Waals surface area contributed by atoms with Crippen LogP contribution in [0.2, 0.25) is 0 Å². The van der Waals surface area contributed by atoms with E-state index in [0.717, 1.165) is 12.6 Å². The lowest BCUT2D eigenvalue weighted by atomic mass is 10.0. The van der Waals surface area contributed by atoms with E-state index in [1.54, 1.807) is 0 Å². The van der Waals surface area contributed by atoms with E-state index in [9.17, 15) is 8.78 Å². The van der Waals surface area contributed by atoms with Crippen molar-refractivity contribution in [2.24, 2.45) is 0 Å². The van der Waals surface area contributed by atoms with Gasteiger partial charge in [-0.25, -0.2) is 8.78 Å². The van der Waals surface area contributed by atoms with Crippen LogP contribution in [0.4, 0.5) is 8.78 Å². The molecule has 3 heteroatoms. The third-order valence-electron chi connectivity index (χ3n) is 2.68. The number of allylic oxidation sites excluding steroid dienone is 2. The van der Waals surface area contributed by atoms with Crippen molar-refractivity contribution >= 4 is 0 Å². The van der Waals surface area contributed by atoms with E-state index < -0.39 is 11.6 Å². The molecular formula is C14H15F2N. The Morgan fingerprint density at radius 2 is 1.76 bits per heavy atom. The molecule has 0 radical (unpaired) electrons. The van der Waals surface area contributed by atoms with Gasteiger partial charge in [0.25, 0.3) is 0 Å². The summed E-state index contributed by atoms with van der Waals surface area (Å²) in [4.78, 5) is 2.06. The molecule has 90 valence electrons. The molecule has 2 rings (SSSR count). The van der Waals surface area contributed by atoms with Crippen molar-refractivity contribution in [2.45, 2.75) is 5.92 Å². The highest BCUT2D eigenvalue weighted by Crippen LogP contribution is 2.27. The number of benzene rings is 1. The molecule has 1 nitrogen and oxygen atoms in total. The highest BCUT2D eigenvalue weighted by atomic mass is 19.1. The fraction of sp³-hybridized carbons (Fsp3) is 0.286. The van der Waals surface area contributed by atoms with Crippen LogP contribution in [0, 0.1) is 11.6 Å². The van der Waals surface area contributed by atoms with Crippen LogP contribution in [0.1, 0.15) is 11.5 Å². The van der Waals surface area contributed by atoms with E-state index in [0.29, 0.717) is 5.56 Å². The predicted molar refractivity (Wildman–Crippen MR) is 64.9 cm³/mol. The first-order valence-electron chi connectivity index (χ1n) is 5.54. The predicted octanol–water partition coefficient (Wildman–Crippen LogP) is 3.11. The second kappa shape index (κ2) is 4.80. The fourth-order valence-electron chi connectivity index (χ4n) is 2.01. The molecule has 17 heavy (non-hydrogen) atoms. The maximum atomic E-state index is 13.1. The minimum absolute atomic E-state index is 0.0184. The molecule has 0 aromatic heterocycles. The monoisotopic (exact) mass is 235 g/mol. The Morgan fingerprint density at radius 3 is 2.35 bits per heavy atom. The summed E-state index contributed by atoms with van der Waals surface area (Å²) >= 11 is 0. The lowest BCUT2D eigenvalue weighted by Gasteiger charge is -2.09. The average molecular weight is 235 g/mol. The lowest BCUT2D eigenvalue weighted by Crippen LogP contribution is -2.13. The highest BCUT2D eigenvalue weighted by Gasteiger charge is 2.13. The van der Waals surface area contributed by atoms with Crippen LogP contribution in [0.5, 0.6) is 0 Å². The number of nitrogens with zero attached hydrogens (tertiary/aromatic N) is 1. The summed E-state index contributed by atoms with van der Waals surface area (Å²) < 4.78 is 26.2. The summed E-state index contributed by atoms with van der Waals surface area (Å²) in [6.45, 7) is 0.838. The molecule has 0 N–H and O–H groups in total. The van der Waals surface area contributed by atoms with E-state index in [-0.39, 0.29) is 5.92 Å². The van der Waals surface area contributed by atoms with Crippen LogP contribution in [0.3, 0.4) is 0 Å². The molecule has 1 aromatic carbocycles. The largest absolute Gasteiger partial charge is 0.305 e. The zero-order valence-electron chi connectivity index (χ0n) is 9.95. The molecule has 1 aliphatic carbocycles. The van der Waals surface area contributed by atoms with Crippen LogP contribution < -0.4 is 0 Å². The normalized spacial score (nSPS) is 18.9. The van der Waals surface area contributed by atoms with Crippen molar-refractivity contribution in [3.63, 3.8) is 0 Å². The maximum absolute atomic E-state index is 13.1. The Labute approximate surface area is 100 Å². The van der Waals surface area contributed by atoms with Crippen LogP contribution in [0.15, 0.2) is 42.0 Å². The Bertz CT molecular complexity index is 455. The van der Waals surface area contributed by atoms with Crippen LogP contribution in [-0.4, -0.2) is 25.5 Å². The first kappa shape index (κ1) is 12.0. The summed E-state index contributed by atoms with van der Waals surface area (Å²) in [5.74, 6) is -1.07. The molecule has 0 aliphatic heterocycles.